The number of methoxy groups -OCH3 is 2. The van der Waals surface area contributed by atoms with Crippen LogP contribution in [0.3, 0.4) is 0 Å². The van der Waals surface area contributed by atoms with Gasteiger partial charge in [0.15, 0.2) is 0 Å². The van der Waals surface area contributed by atoms with Crippen LogP contribution in [0, 0.1) is 0 Å². The average Bonchev–Trinajstić information content (AvgIpc) is 2.69. The lowest BCUT2D eigenvalue weighted by Crippen LogP contribution is -2.53. The van der Waals surface area contributed by atoms with Gasteiger partial charge in [-0.3, -0.25) is 9.80 Å². The van der Waals surface area contributed by atoms with E-state index in [1.165, 1.54) is 0 Å². The van der Waals surface area contributed by atoms with E-state index >= 15 is 0 Å². The van der Waals surface area contributed by atoms with Crippen LogP contribution in [0.15, 0.2) is 12.1 Å². The van der Waals surface area contributed by atoms with Crippen LogP contribution in [-0.2, 0) is 0 Å². The van der Waals surface area contributed by atoms with Crippen LogP contribution < -0.4 is 20.1 Å². The van der Waals surface area contributed by atoms with Crippen LogP contribution in [0.5, 0.6) is 11.5 Å². The molecule has 0 saturated carbocycles. The number of hydrogen-bond donors (Lipinski definition) is 1. The predicted molar refractivity (Wildman–Crippen MR) is 103 cm³/mol. The van der Waals surface area contributed by atoms with Crippen molar-refractivity contribution in [2.45, 2.75) is 18.9 Å². The second-order valence-electron chi connectivity index (χ2n) is 7.05. The van der Waals surface area contributed by atoms with Gasteiger partial charge < -0.3 is 20.1 Å². The Morgan fingerprint density at radius 2 is 1.65 bits per heavy atom. The molecule has 7 heteroatoms. The minimum absolute atomic E-state index is 0.245. The zero-order valence-electron chi connectivity index (χ0n) is 15.9. The molecular weight excluding hydrogens is 335 g/mol. The number of nitrogen functional groups attached to an aromatic ring is 1. The Labute approximate surface area is 155 Å². The van der Waals surface area contributed by atoms with Gasteiger partial charge in [0, 0.05) is 64.0 Å². The Morgan fingerprint density at radius 3 is 2.23 bits per heavy atom. The molecule has 0 aliphatic carbocycles. The Balaban J connectivity index is 1.59. The molecule has 0 spiro atoms. The molecule has 0 amide bonds. The molecule has 1 aromatic carbocycles. The molecule has 3 rings (SSSR count). The normalized spacial score (nSPS) is 20.3. The Kier molecular flexibility index (Phi) is 6.43. The number of hydrogen-bond acceptors (Lipinski definition) is 6. The van der Waals surface area contributed by atoms with Gasteiger partial charge in [0.1, 0.15) is 18.2 Å². The average molecular weight is 366 g/mol. The van der Waals surface area contributed by atoms with Crippen molar-refractivity contribution >= 4 is 11.4 Å². The van der Waals surface area contributed by atoms with Crippen LogP contribution in [0.2, 0.25) is 0 Å². The third-order valence-corrected chi connectivity index (χ3v) is 5.66. The second kappa shape index (κ2) is 8.77. The minimum Gasteiger partial charge on any atom is -0.495 e. The summed E-state index contributed by atoms with van der Waals surface area (Å²) in [6.07, 6.45) is 2.25. The molecule has 0 atom stereocenters. The number of ether oxygens (including phenoxy) is 2. The number of anilines is 2. The Morgan fingerprint density at radius 1 is 1.00 bits per heavy atom. The smallest absolute Gasteiger partial charge is 0.144 e. The van der Waals surface area contributed by atoms with Crippen molar-refractivity contribution in [2.75, 3.05) is 77.3 Å². The summed E-state index contributed by atoms with van der Waals surface area (Å²) in [4.78, 5) is 7.15. The summed E-state index contributed by atoms with van der Waals surface area (Å²) in [5.74, 6) is 1.48. The first-order valence-corrected chi connectivity index (χ1v) is 9.45. The molecule has 0 unspecified atom stereocenters. The summed E-state index contributed by atoms with van der Waals surface area (Å²) in [6.45, 7) is 6.35. The Bertz CT molecular complexity index is 585. The van der Waals surface area contributed by atoms with Gasteiger partial charge in [-0.1, -0.05) is 0 Å². The van der Waals surface area contributed by atoms with Gasteiger partial charge in [-0.25, -0.2) is 4.39 Å². The molecule has 0 bridgehead atoms. The maximum absolute atomic E-state index is 12.5. The Hall–Kier alpha value is -1.73. The monoisotopic (exact) mass is 366 g/mol. The summed E-state index contributed by atoms with van der Waals surface area (Å²) < 4.78 is 23.4. The van der Waals surface area contributed by atoms with Crippen molar-refractivity contribution in [3.8, 4) is 11.5 Å². The number of benzene rings is 1. The summed E-state index contributed by atoms with van der Waals surface area (Å²) in [5, 5.41) is 0. The first kappa shape index (κ1) is 19.0. The number of nitrogens with two attached hydrogens (primary N) is 1. The summed E-state index contributed by atoms with van der Waals surface area (Å²) in [6, 6.07) is 4.43. The van der Waals surface area contributed by atoms with Gasteiger partial charge in [-0.2, -0.15) is 0 Å². The number of alkyl halides is 1. The first-order valence-electron chi connectivity index (χ1n) is 9.45. The summed E-state index contributed by atoms with van der Waals surface area (Å²) in [7, 11) is 3.31. The number of piperidine rings is 1. The van der Waals surface area contributed by atoms with Crippen LogP contribution in [0.25, 0.3) is 0 Å². The van der Waals surface area contributed by atoms with E-state index in [0.717, 1.165) is 63.5 Å². The zero-order chi connectivity index (χ0) is 18.5. The van der Waals surface area contributed by atoms with Gasteiger partial charge in [-0.05, 0) is 12.8 Å². The van der Waals surface area contributed by atoms with Gasteiger partial charge in [0.05, 0.1) is 25.6 Å². The maximum Gasteiger partial charge on any atom is 0.144 e. The fourth-order valence-electron chi connectivity index (χ4n) is 4.10. The maximum atomic E-state index is 12.5. The molecule has 2 fully saturated rings. The third-order valence-electron chi connectivity index (χ3n) is 5.66. The molecule has 0 radical (unpaired) electrons. The number of rotatable bonds is 6. The quantitative estimate of drug-likeness (QED) is 0.776. The highest BCUT2D eigenvalue weighted by molar-refractivity contribution is 5.70. The molecule has 2 saturated heterocycles. The number of piperazine rings is 1. The van der Waals surface area contributed by atoms with E-state index in [0.29, 0.717) is 24.0 Å². The molecule has 146 valence electrons. The van der Waals surface area contributed by atoms with Crippen LogP contribution in [0.1, 0.15) is 12.8 Å². The molecule has 2 aliphatic rings. The van der Waals surface area contributed by atoms with Crippen molar-refractivity contribution in [1.82, 2.24) is 9.80 Å². The van der Waals surface area contributed by atoms with Gasteiger partial charge in [0.2, 0.25) is 0 Å². The van der Waals surface area contributed by atoms with Crippen LogP contribution in [-0.4, -0.2) is 82.5 Å². The SMILES string of the molecule is COc1cc(N2CCC(N3CCN(CCF)CC3)CC2)c(OC)cc1N. The summed E-state index contributed by atoms with van der Waals surface area (Å²) >= 11 is 0. The molecular formula is C19H31FN4O2. The fourth-order valence-corrected chi connectivity index (χ4v) is 4.10. The minimum atomic E-state index is -0.245. The van der Waals surface area contributed by atoms with E-state index in [-0.39, 0.29) is 6.67 Å². The number of halogens is 1. The molecule has 26 heavy (non-hydrogen) atoms. The highest BCUT2D eigenvalue weighted by atomic mass is 19.1. The van der Waals surface area contributed by atoms with Crippen LogP contribution >= 0.6 is 0 Å². The lowest BCUT2D eigenvalue weighted by molar-refractivity contribution is 0.0816. The molecule has 1 aromatic rings. The second-order valence-corrected chi connectivity index (χ2v) is 7.05. The molecule has 0 aromatic heterocycles. The predicted octanol–water partition coefficient (Wildman–Crippen LogP) is 1.84. The van der Waals surface area contributed by atoms with Crippen molar-refractivity contribution in [3.63, 3.8) is 0 Å². The van der Waals surface area contributed by atoms with Crippen molar-refractivity contribution < 1.29 is 13.9 Å². The highest BCUT2D eigenvalue weighted by Crippen LogP contribution is 2.38. The van der Waals surface area contributed by atoms with Crippen molar-refractivity contribution in [2.24, 2.45) is 0 Å². The van der Waals surface area contributed by atoms with E-state index in [1.807, 2.05) is 12.1 Å². The topological polar surface area (TPSA) is 54.2 Å². The molecule has 2 aliphatic heterocycles. The molecule has 2 N–H and O–H groups in total. The zero-order valence-corrected chi connectivity index (χ0v) is 15.9. The van der Waals surface area contributed by atoms with Crippen LogP contribution in [0.4, 0.5) is 15.8 Å². The first-order chi connectivity index (χ1) is 12.7. The van der Waals surface area contributed by atoms with Crippen molar-refractivity contribution in [3.05, 3.63) is 12.1 Å². The number of nitrogens with zero attached hydrogens (tertiary/aromatic N) is 3. The van der Waals surface area contributed by atoms with Gasteiger partial charge >= 0.3 is 0 Å². The standard InChI is InChI=1S/C19H31FN4O2/c1-25-18-14-17(19(26-2)13-16(18)21)24-6-3-15(4-7-24)23-11-9-22(8-5-20)10-12-23/h13-15H,3-12,21H2,1-2H3. The fraction of sp³-hybridized carbons (Fsp3) is 0.684. The van der Waals surface area contributed by atoms with E-state index in [2.05, 4.69) is 14.7 Å². The van der Waals surface area contributed by atoms with Gasteiger partial charge in [0.25, 0.3) is 0 Å². The van der Waals surface area contributed by atoms with E-state index in [4.69, 9.17) is 15.2 Å². The molecule has 2 heterocycles. The van der Waals surface area contributed by atoms with E-state index in [9.17, 15) is 4.39 Å². The largest absolute Gasteiger partial charge is 0.495 e. The van der Waals surface area contributed by atoms with E-state index in [1.54, 1.807) is 14.2 Å². The third kappa shape index (κ3) is 4.15. The molecule has 6 nitrogen and oxygen atoms in total. The lowest BCUT2D eigenvalue weighted by atomic mass is 10.0. The summed E-state index contributed by atoms with van der Waals surface area (Å²) in [5.41, 5.74) is 7.64. The van der Waals surface area contributed by atoms with Crippen molar-refractivity contribution in [1.29, 1.82) is 0 Å². The van der Waals surface area contributed by atoms with E-state index < -0.39 is 0 Å². The lowest BCUT2D eigenvalue weighted by Gasteiger charge is -2.43. The highest BCUT2D eigenvalue weighted by Gasteiger charge is 2.28. The van der Waals surface area contributed by atoms with Gasteiger partial charge in [-0.15, -0.1) is 0 Å².